The van der Waals surface area contributed by atoms with Crippen LogP contribution in [0.15, 0.2) is 72.8 Å². The lowest BCUT2D eigenvalue weighted by atomic mass is 9.91. The third-order valence-corrected chi connectivity index (χ3v) is 4.49. The van der Waals surface area contributed by atoms with Gasteiger partial charge in [0.25, 0.3) is 0 Å². The molecule has 0 aliphatic heterocycles. The first-order valence-electron chi connectivity index (χ1n) is 8.48. The van der Waals surface area contributed by atoms with Crippen LogP contribution in [0.1, 0.15) is 31.1 Å². The monoisotopic (exact) mass is 333 g/mol. The fourth-order valence-electron chi connectivity index (χ4n) is 3.14. The van der Waals surface area contributed by atoms with Gasteiger partial charge in [0, 0.05) is 0 Å². The number of aliphatic hydroxyl groups excluding tert-OH is 1. The Morgan fingerprint density at radius 1 is 0.960 bits per heavy atom. The lowest BCUT2D eigenvalue weighted by Crippen LogP contribution is -2.48. The van der Waals surface area contributed by atoms with Crippen LogP contribution in [0.3, 0.4) is 0 Å². The lowest BCUT2D eigenvalue weighted by Gasteiger charge is -2.32. The van der Waals surface area contributed by atoms with E-state index in [4.69, 9.17) is 0 Å². The second kappa shape index (κ2) is 7.08. The average Bonchev–Trinajstić information content (AvgIpc) is 2.61. The Kier molecular flexibility index (Phi) is 4.86. The summed E-state index contributed by atoms with van der Waals surface area (Å²) in [4.78, 5) is 12.6. The van der Waals surface area contributed by atoms with Gasteiger partial charge >= 0.3 is 0 Å². The fraction of sp³-hybridized carbons (Fsp3) is 0.227. The van der Waals surface area contributed by atoms with Gasteiger partial charge in [0.15, 0.2) is 0 Å². The summed E-state index contributed by atoms with van der Waals surface area (Å²) in [6, 6.07) is 23.4. The van der Waals surface area contributed by atoms with E-state index in [2.05, 4.69) is 5.32 Å². The Morgan fingerprint density at radius 2 is 1.60 bits per heavy atom. The minimum Gasteiger partial charge on any atom is -0.386 e. The van der Waals surface area contributed by atoms with Crippen LogP contribution in [0.5, 0.6) is 0 Å². The molecule has 3 rings (SSSR count). The number of nitrogens with one attached hydrogen (secondary N) is 1. The molecule has 0 fully saturated rings. The SMILES string of the molecule is CC(C)(NC(=O)Cc1cccc2ccccc12)C(O)c1ccccc1. The standard InChI is InChI=1S/C22H23NO2/c1-22(2,21(25)17-10-4-3-5-11-17)23-20(24)15-18-13-8-12-16-9-6-7-14-19(16)18/h3-14,21,25H,15H2,1-2H3,(H,23,24). The van der Waals surface area contributed by atoms with E-state index >= 15 is 0 Å². The first-order valence-corrected chi connectivity index (χ1v) is 8.48. The van der Waals surface area contributed by atoms with Crippen molar-refractivity contribution in [2.24, 2.45) is 0 Å². The van der Waals surface area contributed by atoms with Crippen molar-refractivity contribution in [3.8, 4) is 0 Å². The van der Waals surface area contributed by atoms with Gasteiger partial charge in [-0.2, -0.15) is 0 Å². The summed E-state index contributed by atoms with van der Waals surface area (Å²) in [5, 5.41) is 15.8. The summed E-state index contributed by atoms with van der Waals surface area (Å²) in [6.45, 7) is 3.68. The molecule has 0 saturated heterocycles. The number of hydrogen-bond acceptors (Lipinski definition) is 2. The summed E-state index contributed by atoms with van der Waals surface area (Å²) in [5.74, 6) is -0.101. The van der Waals surface area contributed by atoms with Crippen LogP contribution in [-0.2, 0) is 11.2 Å². The van der Waals surface area contributed by atoms with Crippen LogP contribution >= 0.6 is 0 Å². The van der Waals surface area contributed by atoms with Crippen LogP contribution in [0.25, 0.3) is 10.8 Å². The molecule has 2 N–H and O–H groups in total. The van der Waals surface area contributed by atoms with Crippen molar-refractivity contribution in [1.82, 2.24) is 5.32 Å². The number of aliphatic hydroxyl groups is 1. The minimum absolute atomic E-state index is 0.101. The summed E-state index contributed by atoms with van der Waals surface area (Å²) < 4.78 is 0. The molecule has 3 aromatic carbocycles. The molecule has 128 valence electrons. The normalized spacial score (nSPS) is 12.8. The van der Waals surface area contributed by atoms with E-state index in [1.165, 1.54) is 0 Å². The van der Waals surface area contributed by atoms with Crippen molar-refractivity contribution in [2.75, 3.05) is 0 Å². The van der Waals surface area contributed by atoms with Crippen molar-refractivity contribution in [2.45, 2.75) is 31.9 Å². The van der Waals surface area contributed by atoms with Gasteiger partial charge in [-0.1, -0.05) is 72.8 Å². The molecule has 3 heteroatoms. The number of rotatable bonds is 5. The molecule has 0 spiro atoms. The highest BCUT2D eigenvalue weighted by Gasteiger charge is 2.30. The highest BCUT2D eigenvalue weighted by molar-refractivity contribution is 5.90. The zero-order valence-electron chi connectivity index (χ0n) is 14.6. The molecule has 1 atom stereocenters. The number of hydrogen-bond donors (Lipinski definition) is 2. The van der Waals surface area contributed by atoms with Gasteiger partial charge in [0.2, 0.25) is 5.91 Å². The summed E-state index contributed by atoms with van der Waals surface area (Å²) in [6.07, 6.45) is -0.489. The molecule has 0 heterocycles. The zero-order chi connectivity index (χ0) is 17.9. The number of amides is 1. The van der Waals surface area contributed by atoms with Gasteiger partial charge in [-0.05, 0) is 35.7 Å². The predicted molar refractivity (Wildman–Crippen MR) is 101 cm³/mol. The van der Waals surface area contributed by atoms with Crippen molar-refractivity contribution < 1.29 is 9.90 Å². The smallest absolute Gasteiger partial charge is 0.224 e. The molecule has 1 unspecified atom stereocenters. The topological polar surface area (TPSA) is 49.3 Å². The Balaban J connectivity index is 1.75. The van der Waals surface area contributed by atoms with Crippen molar-refractivity contribution in [1.29, 1.82) is 0 Å². The van der Waals surface area contributed by atoms with E-state index in [1.54, 1.807) is 0 Å². The van der Waals surface area contributed by atoms with Gasteiger partial charge in [0.05, 0.1) is 12.0 Å². The maximum atomic E-state index is 12.6. The lowest BCUT2D eigenvalue weighted by molar-refractivity contribution is -0.123. The summed E-state index contributed by atoms with van der Waals surface area (Å²) in [7, 11) is 0. The zero-order valence-corrected chi connectivity index (χ0v) is 14.6. The summed E-state index contributed by atoms with van der Waals surface area (Å²) in [5.41, 5.74) is 1.02. The van der Waals surface area contributed by atoms with Gasteiger partial charge in [-0.15, -0.1) is 0 Å². The van der Waals surface area contributed by atoms with E-state index in [-0.39, 0.29) is 12.3 Å². The Morgan fingerprint density at radius 3 is 2.36 bits per heavy atom. The highest BCUT2D eigenvalue weighted by Crippen LogP contribution is 2.26. The third-order valence-electron chi connectivity index (χ3n) is 4.49. The molecule has 0 aliphatic rings. The predicted octanol–water partition coefficient (Wildman–Crippen LogP) is 4.01. The van der Waals surface area contributed by atoms with Crippen LogP contribution in [0.2, 0.25) is 0 Å². The molecular formula is C22H23NO2. The molecule has 3 aromatic rings. The number of carbonyl (C=O) groups is 1. The molecule has 0 aromatic heterocycles. The molecule has 0 saturated carbocycles. The molecule has 0 radical (unpaired) electrons. The van der Waals surface area contributed by atoms with Gasteiger partial charge in [0.1, 0.15) is 6.10 Å². The van der Waals surface area contributed by atoms with E-state index in [1.807, 2.05) is 86.6 Å². The second-order valence-corrected chi connectivity index (χ2v) is 6.90. The maximum absolute atomic E-state index is 12.6. The molecular weight excluding hydrogens is 310 g/mol. The highest BCUT2D eigenvalue weighted by atomic mass is 16.3. The van der Waals surface area contributed by atoms with E-state index in [9.17, 15) is 9.90 Å². The Hall–Kier alpha value is -2.65. The largest absolute Gasteiger partial charge is 0.386 e. The van der Waals surface area contributed by atoms with Crippen molar-refractivity contribution in [3.63, 3.8) is 0 Å². The van der Waals surface area contributed by atoms with Crippen molar-refractivity contribution in [3.05, 3.63) is 83.9 Å². The quantitative estimate of drug-likeness (QED) is 0.741. The van der Waals surface area contributed by atoms with Gasteiger partial charge in [-0.3, -0.25) is 4.79 Å². The fourth-order valence-corrected chi connectivity index (χ4v) is 3.14. The molecule has 0 aliphatic carbocycles. The maximum Gasteiger partial charge on any atom is 0.224 e. The molecule has 3 nitrogen and oxygen atoms in total. The molecule has 1 amide bonds. The Bertz CT molecular complexity index is 866. The Labute approximate surface area is 148 Å². The first kappa shape index (κ1) is 17.2. The van der Waals surface area contributed by atoms with E-state index in [0.29, 0.717) is 0 Å². The summed E-state index contributed by atoms with van der Waals surface area (Å²) >= 11 is 0. The first-order chi connectivity index (χ1) is 12.0. The van der Waals surface area contributed by atoms with Crippen LogP contribution in [0, 0.1) is 0 Å². The van der Waals surface area contributed by atoms with Gasteiger partial charge < -0.3 is 10.4 Å². The minimum atomic E-state index is -0.773. The van der Waals surface area contributed by atoms with Gasteiger partial charge in [-0.25, -0.2) is 0 Å². The van der Waals surface area contributed by atoms with Crippen molar-refractivity contribution >= 4 is 16.7 Å². The average molecular weight is 333 g/mol. The van der Waals surface area contributed by atoms with Crippen LogP contribution < -0.4 is 5.32 Å². The second-order valence-electron chi connectivity index (χ2n) is 6.90. The number of carbonyl (C=O) groups excluding carboxylic acids is 1. The van der Waals surface area contributed by atoms with E-state index in [0.717, 1.165) is 21.9 Å². The van der Waals surface area contributed by atoms with Crippen LogP contribution in [0.4, 0.5) is 0 Å². The number of fused-ring (bicyclic) bond motifs is 1. The van der Waals surface area contributed by atoms with E-state index < -0.39 is 11.6 Å². The third kappa shape index (κ3) is 3.89. The number of benzene rings is 3. The molecule has 0 bridgehead atoms. The molecule has 25 heavy (non-hydrogen) atoms. The van der Waals surface area contributed by atoms with Crippen LogP contribution in [-0.4, -0.2) is 16.6 Å².